The topological polar surface area (TPSA) is 56.8 Å². The number of rotatable bonds is 6. The number of hydrogen-bond acceptors (Lipinski definition) is 5. The number of carbonyl (C=O) groups excluding carboxylic acids is 1. The van der Waals surface area contributed by atoms with Crippen molar-refractivity contribution in [3.8, 4) is 17.2 Å². The minimum atomic E-state index is -0.229. The first-order valence-corrected chi connectivity index (χ1v) is 9.13. The zero-order chi connectivity index (χ0) is 18.5. The molecule has 0 fully saturated rings. The van der Waals surface area contributed by atoms with Crippen LogP contribution in [0.5, 0.6) is 17.2 Å². The molecule has 1 heterocycles. The molecule has 2 aromatic rings. The number of anilines is 1. The zero-order valence-electron chi connectivity index (χ0n) is 14.9. The fraction of sp³-hybridized carbons (Fsp3) is 0.250. The molecule has 1 amide bonds. The number of allylic oxidation sites excluding steroid dienone is 1. The fourth-order valence-electron chi connectivity index (χ4n) is 2.88. The van der Waals surface area contributed by atoms with Crippen molar-refractivity contribution in [3.63, 3.8) is 0 Å². The lowest BCUT2D eigenvalue weighted by Crippen LogP contribution is -2.14. The molecular formula is C20H21NO4S. The Labute approximate surface area is 157 Å². The Morgan fingerprint density at radius 3 is 2.35 bits per heavy atom. The van der Waals surface area contributed by atoms with Gasteiger partial charge in [-0.1, -0.05) is 24.3 Å². The van der Waals surface area contributed by atoms with Gasteiger partial charge in [-0.05, 0) is 35.6 Å². The first kappa shape index (κ1) is 18.2. The average molecular weight is 371 g/mol. The minimum Gasteiger partial charge on any atom is -0.493 e. The molecule has 1 unspecified atom stereocenters. The van der Waals surface area contributed by atoms with E-state index < -0.39 is 0 Å². The van der Waals surface area contributed by atoms with E-state index in [0.29, 0.717) is 28.1 Å². The van der Waals surface area contributed by atoms with Gasteiger partial charge in [-0.2, -0.15) is 0 Å². The molecule has 0 saturated heterocycles. The highest BCUT2D eigenvalue weighted by Gasteiger charge is 2.20. The van der Waals surface area contributed by atoms with E-state index in [1.165, 1.54) is 21.3 Å². The molecule has 0 aromatic heterocycles. The average Bonchev–Trinajstić information content (AvgIpc) is 3.21. The SMILES string of the molecule is COc1cc(C(=O)Nc2ccccc2C2CC=CS2)cc(OC)c1OC. The van der Waals surface area contributed by atoms with Gasteiger partial charge in [-0.25, -0.2) is 0 Å². The third-order valence-corrected chi connectivity index (χ3v) is 5.30. The summed E-state index contributed by atoms with van der Waals surface area (Å²) in [7, 11) is 4.58. The van der Waals surface area contributed by atoms with Crippen LogP contribution in [-0.4, -0.2) is 27.2 Å². The second-order valence-corrected chi connectivity index (χ2v) is 6.80. The number of thioether (sulfide) groups is 1. The largest absolute Gasteiger partial charge is 0.493 e. The maximum Gasteiger partial charge on any atom is 0.255 e. The molecule has 1 aliphatic rings. The van der Waals surface area contributed by atoms with Crippen LogP contribution in [0.1, 0.15) is 27.6 Å². The lowest BCUT2D eigenvalue weighted by Gasteiger charge is -2.17. The number of nitrogens with one attached hydrogen (secondary N) is 1. The third-order valence-electron chi connectivity index (χ3n) is 4.17. The number of methoxy groups -OCH3 is 3. The van der Waals surface area contributed by atoms with Crippen molar-refractivity contribution in [2.24, 2.45) is 0 Å². The molecule has 1 N–H and O–H groups in total. The Morgan fingerprint density at radius 2 is 1.77 bits per heavy atom. The third kappa shape index (κ3) is 3.65. The number of para-hydroxylation sites is 1. The quantitative estimate of drug-likeness (QED) is 0.801. The van der Waals surface area contributed by atoms with Gasteiger partial charge in [-0.3, -0.25) is 4.79 Å². The summed E-state index contributed by atoms with van der Waals surface area (Å²) in [5.74, 6) is 1.12. The highest BCUT2D eigenvalue weighted by molar-refractivity contribution is 8.02. The van der Waals surface area contributed by atoms with Crippen LogP contribution in [0.3, 0.4) is 0 Å². The summed E-state index contributed by atoms with van der Waals surface area (Å²) in [6.07, 6.45) is 3.11. The van der Waals surface area contributed by atoms with Crippen LogP contribution in [0, 0.1) is 0 Å². The number of hydrogen-bond donors (Lipinski definition) is 1. The Hall–Kier alpha value is -2.60. The van der Waals surface area contributed by atoms with Crippen LogP contribution in [0.4, 0.5) is 5.69 Å². The van der Waals surface area contributed by atoms with Crippen LogP contribution >= 0.6 is 11.8 Å². The first-order valence-electron chi connectivity index (χ1n) is 8.18. The Kier molecular flexibility index (Phi) is 5.73. The summed E-state index contributed by atoms with van der Waals surface area (Å²) < 4.78 is 16.0. The summed E-state index contributed by atoms with van der Waals surface area (Å²) >= 11 is 1.76. The summed E-state index contributed by atoms with van der Waals surface area (Å²) in [5.41, 5.74) is 2.36. The smallest absolute Gasteiger partial charge is 0.255 e. The standard InChI is InChI=1S/C20H21NO4S/c1-23-16-11-13(12-17(24-2)19(16)25-3)20(22)21-15-8-5-4-7-14(15)18-9-6-10-26-18/h4-8,10-12,18H,9H2,1-3H3,(H,21,22). The summed E-state index contributed by atoms with van der Waals surface area (Å²) in [6, 6.07) is 11.2. The van der Waals surface area contributed by atoms with Gasteiger partial charge in [0.05, 0.1) is 21.3 Å². The summed E-state index contributed by atoms with van der Waals surface area (Å²) in [5, 5.41) is 5.44. The van der Waals surface area contributed by atoms with Crippen molar-refractivity contribution in [2.45, 2.75) is 11.7 Å². The van der Waals surface area contributed by atoms with Gasteiger partial charge in [-0.15, -0.1) is 11.8 Å². The molecule has 1 aliphatic heterocycles. The molecule has 0 spiro atoms. The van der Waals surface area contributed by atoms with Crippen LogP contribution in [0.25, 0.3) is 0 Å². The molecule has 6 heteroatoms. The number of amides is 1. The van der Waals surface area contributed by atoms with Crippen molar-refractivity contribution in [1.29, 1.82) is 0 Å². The van der Waals surface area contributed by atoms with Crippen molar-refractivity contribution >= 4 is 23.4 Å². The van der Waals surface area contributed by atoms with Gasteiger partial charge in [0.2, 0.25) is 5.75 Å². The van der Waals surface area contributed by atoms with E-state index in [9.17, 15) is 4.79 Å². The van der Waals surface area contributed by atoms with Gasteiger partial charge in [0.1, 0.15) is 0 Å². The zero-order valence-corrected chi connectivity index (χ0v) is 15.8. The summed E-state index contributed by atoms with van der Waals surface area (Å²) in [6.45, 7) is 0. The molecule has 136 valence electrons. The Balaban J connectivity index is 1.89. The van der Waals surface area contributed by atoms with Gasteiger partial charge in [0, 0.05) is 16.5 Å². The van der Waals surface area contributed by atoms with Crippen LogP contribution < -0.4 is 19.5 Å². The number of carbonyl (C=O) groups is 1. The lowest BCUT2D eigenvalue weighted by molar-refractivity contribution is 0.102. The van der Waals surface area contributed by atoms with Gasteiger partial charge in [0.15, 0.2) is 11.5 Å². The van der Waals surface area contributed by atoms with E-state index >= 15 is 0 Å². The molecule has 0 aliphatic carbocycles. The molecule has 26 heavy (non-hydrogen) atoms. The van der Waals surface area contributed by atoms with Crippen molar-refractivity contribution < 1.29 is 19.0 Å². The number of benzene rings is 2. The second-order valence-electron chi connectivity index (χ2n) is 5.69. The molecule has 3 rings (SSSR count). The first-order chi connectivity index (χ1) is 12.7. The van der Waals surface area contributed by atoms with Gasteiger partial charge < -0.3 is 19.5 Å². The molecule has 1 atom stereocenters. The fourth-order valence-corrected chi connectivity index (χ4v) is 3.87. The van der Waals surface area contributed by atoms with E-state index in [2.05, 4.69) is 22.9 Å². The predicted octanol–water partition coefficient (Wildman–Crippen LogP) is 4.66. The normalized spacial score (nSPS) is 15.6. The van der Waals surface area contributed by atoms with Crippen molar-refractivity contribution in [1.82, 2.24) is 0 Å². The molecule has 0 saturated carbocycles. The Morgan fingerprint density at radius 1 is 1.08 bits per heavy atom. The highest BCUT2D eigenvalue weighted by atomic mass is 32.2. The van der Waals surface area contributed by atoms with Crippen LogP contribution in [0.2, 0.25) is 0 Å². The maximum absolute atomic E-state index is 12.8. The van der Waals surface area contributed by atoms with E-state index in [4.69, 9.17) is 14.2 Å². The number of ether oxygens (including phenoxy) is 3. The van der Waals surface area contributed by atoms with Gasteiger partial charge in [0.25, 0.3) is 5.91 Å². The van der Waals surface area contributed by atoms with Crippen molar-refractivity contribution in [2.75, 3.05) is 26.6 Å². The van der Waals surface area contributed by atoms with E-state index in [0.717, 1.165) is 17.7 Å². The molecule has 5 nitrogen and oxygen atoms in total. The van der Waals surface area contributed by atoms with Crippen LogP contribution in [-0.2, 0) is 0 Å². The molecule has 0 bridgehead atoms. The van der Waals surface area contributed by atoms with E-state index in [1.54, 1.807) is 23.9 Å². The molecule has 0 radical (unpaired) electrons. The van der Waals surface area contributed by atoms with Gasteiger partial charge >= 0.3 is 0 Å². The molecular weight excluding hydrogens is 350 g/mol. The second kappa shape index (κ2) is 8.19. The Bertz CT molecular complexity index is 801. The lowest BCUT2D eigenvalue weighted by atomic mass is 10.1. The predicted molar refractivity (Wildman–Crippen MR) is 105 cm³/mol. The summed E-state index contributed by atoms with van der Waals surface area (Å²) in [4.78, 5) is 12.8. The van der Waals surface area contributed by atoms with E-state index in [1.807, 2.05) is 18.2 Å². The van der Waals surface area contributed by atoms with E-state index in [-0.39, 0.29) is 5.91 Å². The highest BCUT2D eigenvalue weighted by Crippen LogP contribution is 2.42. The molecule has 2 aromatic carbocycles. The monoisotopic (exact) mass is 371 g/mol. The van der Waals surface area contributed by atoms with Crippen LogP contribution in [0.15, 0.2) is 47.9 Å². The van der Waals surface area contributed by atoms with Crippen molar-refractivity contribution in [3.05, 3.63) is 59.0 Å². The minimum absolute atomic E-state index is 0.229. The maximum atomic E-state index is 12.8.